The Kier molecular flexibility index (Phi) is 4.54. The number of halogens is 1. The molecule has 2 aromatic heterocycles. The molecular weight excluding hydrogens is 380 g/mol. The van der Waals surface area contributed by atoms with Gasteiger partial charge in [-0.05, 0) is 46.3 Å². The highest BCUT2D eigenvalue weighted by atomic mass is 79.9. The number of amides is 1. The first-order valence-electron chi connectivity index (χ1n) is 6.56. The number of hydrogen-bond acceptors (Lipinski definition) is 5. The highest BCUT2D eigenvalue weighted by molar-refractivity contribution is 9.11. The van der Waals surface area contributed by atoms with E-state index in [9.17, 15) is 9.90 Å². The molecule has 0 fully saturated rings. The summed E-state index contributed by atoms with van der Waals surface area (Å²) in [5.41, 5.74) is 3.88. The number of aromatic hydroxyl groups is 1. The lowest BCUT2D eigenvalue weighted by atomic mass is 10.2. The summed E-state index contributed by atoms with van der Waals surface area (Å²) in [5, 5.41) is 20.2. The van der Waals surface area contributed by atoms with E-state index in [-0.39, 0.29) is 11.4 Å². The van der Waals surface area contributed by atoms with E-state index in [1.807, 2.05) is 12.1 Å². The van der Waals surface area contributed by atoms with Crippen LogP contribution in [0.5, 0.6) is 5.75 Å². The maximum absolute atomic E-state index is 12.0. The summed E-state index contributed by atoms with van der Waals surface area (Å²) < 4.78 is 1.00. The molecule has 1 aromatic carbocycles. The number of aromatic amines is 1. The van der Waals surface area contributed by atoms with E-state index in [2.05, 4.69) is 36.7 Å². The van der Waals surface area contributed by atoms with Crippen LogP contribution in [0.25, 0.3) is 10.6 Å². The molecule has 2 heterocycles. The molecule has 0 aliphatic carbocycles. The number of carbonyl (C=O) groups excluding carboxylic acids is 1. The third kappa shape index (κ3) is 3.66. The van der Waals surface area contributed by atoms with Gasteiger partial charge in [0.25, 0.3) is 5.91 Å². The predicted octanol–water partition coefficient (Wildman–Crippen LogP) is 3.37. The summed E-state index contributed by atoms with van der Waals surface area (Å²) in [6.45, 7) is 0. The standard InChI is InChI=1S/C15H11BrN4O2S/c16-14-6-5-13(23-14)10-7-11(19-18-10)15(22)20-17-8-9-3-1-2-4-12(9)21/h1-8,21H,(H,18,19)(H,20,22). The molecule has 0 atom stereocenters. The number of thiophene rings is 1. The molecule has 0 aliphatic heterocycles. The number of nitrogens with one attached hydrogen (secondary N) is 2. The molecule has 0 saturated carbocycles. The number of hydrogen-bond donors (Lipinski definition) is 3. The molecule has 0 unspecified atom stereocenters. The van der Waals surface area contributed by atoms with Gasteiger partial charge in [0.15, 0.2) is 5.69 Å². The zero-order valence-corrected chi connectivity index (χ0v) is 14.1. The third-order valence-electron chi connectivity index (χ3n) is 2.96. The molecule has 3 N–H and O–H groups in total. The van der Waals surface area contributed by atoms with E-state index in [0.29, 0.717) is 5.56 Å². The quantitative estimate of drug-likeness (QED) is 0.471. The van der Waals surface area contributed by atoms with E-state index in [1.165, 1.54) is 17.6 Å². The van der Waals surface area contributed by atoms with E-state index in [4.69, 9.17) is 0 Å². The Balaban J connectivity index is 1.67. The lowest BCUT2D eigenvalue weighted by Crippen LogP contribution is -2.18. The van der Waals surface area contributed by atoms with Gasteiger partial charge in [0.1, 0.15) is 5.75 Å². The van der Waals surface area contributed by atoms with Crippen molar-refractivity contribution in [2.45, 2.75) is 0 Å². The fourth-order valence-corrected chi connectivity index (χ4v) is 3.19. The molecule has 3 aromatic rings. The summed E-state index contributed by atoms with van der Waals surface area (Å²) in [5.74, 6) is -0.342. The lowest BCUT2D eigenvalue weighted by Gasteiger charge is -1.97. The van der Waals surface area contributed by atoms with Gasteiger partial charge in [0.2, 0.25) is 0 Å². The topological polar surface area (TPSA) is 90.4 Å². The minimum atomic E-state index is -0.435. The molecule has 0 radical (unpaired) electrons. The second-order valence-electron chi connectivity index (χ2n) is 4.53. The van der Waals surface area contributed by atoms with Crippen LogP contribution in [0.2, 0.25) is 0 Å². The number of phenols is 1. The van der Waals surface area contributed by atoms with Gasteiger partial charge in [-0.3, -0.25) is 9.89 Å². The molecule has 0 saturated heterocycles. The largest absolute Gasteiger partial charge is 0.507 e. The first-order valence-corrected chi connectivity index (χ1v) is 8.17. The number of benzene rings is 1. The van der Waals surface area contributed by atoms with Crippen molar-refractivity contribution in [2.24, 2.45) is 5.10 Å². The molecule has 23 heavy (non-hydrogen) atoms. The van der Waals surface area contributed by atoms with Crippen LogP contribution >= 0.6 is 27.3 Å². The Morgan fingerprint density at radius 3 is 2.91 bits per heavy atom. The first kappa shape index (κ1) is 15.4. The Labute approximate surface area is 144 Å². The van der Waals surface area contributed by atoms with E-state index in [1.54, 1.807) is 30.3 Å². The van der Waals surface area contributed by atoms with Crippen LogP contribution in [-0.2, 0) is 0 Å². The number of hydrazone groups is 1. The molecule has 0 bridgehead atoms. The Morgan fingerprint density at radius 1 is 1.35 bits per heavy atom. The highest BCUT2D eigenvalue weighted by Gasteiger charge is 2.11. The second kappa shape index (κ2) is 6.76. The molecule has 3 rings (SSSR count). The van der Waals surface area contributed by atoms with Crippen LogP contribution in [0.3, 0.4) is 0 Å². The van der Waals surface area contributed by atoms with Crippen LogP contribution in [0.15, 0.2) is 51.4 Å². The monoisotopic (exact) mass is 390 g/mol. The third-order valence-corrected chi connectivity index (χ3v) is 4.61. The van der Waals surface area contributed by atoms with E-state index >= 15 is 0 Å². The van der Waals surface area contributed by atoms with Gasteiger partial charge in [-0.1, -0.05) is 12.1 Å². The Morgan fingerprint density at radius 2 is 2.17 bits per heavy atom. The number of phenolic OH excluding ortho intramolecular Hbond substituents is 1. The average Bonchev–Trinajstić information content (AvgIpc) is 3.18. The van der Waals surface area contributed by atoms with Crippen molar-refractivity contribution in [3.05, 3.63) is 57.5 Å². The summed E-state index contributed by atoms with van der Waals surface area (Å²) in [4.78, 5) is 13.0. The average molecular weight is 391 g/mol. The second-order valence-corrected chi connectivity index (χ2v) is 6.99. The van der Waals surface area contributed by atoms with E-state index < -0.39 is 5.91 Å². The van der Waals surface area contributed by atoms with Gasteiger partial charge in [-0.25, -0.2) is 5.43 Å². The zero-order chi connectivity index (χ0) is 16.2. The summed E-state index contributed by atoms with van der Waals surface area (Å²) >= 11 is 4.93. The Hall–Kier alpha value is -2.45. The van der Waals surface area contributed by atoms with E-state index in [0.717, 1.165) is 14.4 Å². The van der Waals surface area contributed by atoms with Crippen molar-refractivity contribution in [1.82, 2.24) is 15.6 Å². The number of aromatic nitrogens is 2. The molecular formula is C15H11BrN4O2S. The van der Waals surface area contributed by atoms with Crippen LogP contribution < -0.4 is 5.43 Å². The fraction of sp³-hybridized carbons (Fsp3) is 0. The number of para-hydroxylation sites is 1. The minimum absolute atomic E-state index is 0.0934. The molecule has 1 amide bonds. The highest BCUT2D eigenvalue weighted by Crippen LogP contribution is 2.30. The lowest BCUT2D eigenvalue weighted by molar-refractivity contribution is 0.0950. The van der Waals surface area contributed by atoms with Gasteiger partial charge in [0, 0.05) is 5.56 Å². The van der Waals surface area contributed by atoms with Crippen molar-refractivity contribution in [3.8, 4) is 16.3 Å². The van der Waals surface area contributed by atoms with Crippen LogP contribution in [0.4, 0.5) is 0 Å². The normalized spacial score (nSPS) is 11.0. The number of H-pyrrole nitrogens is 1. The summed E-state index contributed by atoms with van der Waals surface area (Å²) in [7, 11) is 0. The van der Waals surface area contributed by atoms with Gasteiger partial charge >= 0.3 is 0 Å². The summed E-state index contributed by atoms with van der Waals surface area (Å²) in [6, 6.07) is 12.2. The molecule has 8 heteroatoms. The van der Waals surface area contributed by atoms with Gasteiger partial charge in [0.05, 0.1) is 20.6 Å². The fourth-order valence-electron chi connectivity index (χ4n) is 1.84. The first-order chi connectivity index (χ1) is 11.1. The maximum Gasteiger partial charge on any atom is 0.291 e. The van der Waals surface area contributed by atoms with Crippen LogP contribution in [0.1, 0.15) is 16.1 Å². The maximum atomic E-state index is 12.0. The molecule has 0 spiro atoms. The molecule has 0 aliphatic rings. The zero-order valence-electron chi connectivity index (χ0n) is 11.7. The van der Waals surface area contributed by atoms with Crippen molar-refractivity contribution < 1.29 is 9.90 Å². The van der Waals surface area contributed by atoms with Gasteiger partial charge in [-0.15, -0.1) is 11.3 Å². The SMILES string of the molecule is O=C(NN=Cc1ccccc1O)c1cc(-c2ccc(Br)s2)[nH]n1. The van der Waals surface area contributed by atoms with Crippen LogP contribution in [0, 0.1) is 0 Å². The van der Waals surface area contributed by atoms with Crippen molar-refractivity contribution in [3.63, 3.8) is 0 Å². The predicted molar refractivity (Wildman–Crippen MR) is 92.8 cm³/mol. The Bertz CT molecular complexity index is 872. The van der Waals surface area contributed by atoms with Crippen molar-refractivity contribution >= 4 is 39.4 Å². The number of rotatable bonds is 4. The van der Waals surface area contributed by atoms with Crippen LogP contribution in [-0.4, -0.2) is 27.4 Å². The number of carbonyl (C=O) groups is 1. The molecule has 116 valence electrons. The van der Waals surface area contributed by atoms with Crippen molar-refractivity contribution in [1.29, 1.82) is 0 Å². The summed E-state index contributed by atoms with van der Waals surface area (Å²) in [6.07, 6.45) is 1.37. The number of nitrogens with zero attached hydrogens (tertiary/aromatic N) is 2. The van der Waals surface area contributed by atoms with Gasteiger partial charge < -0.3 is 5.11 Å². The van der Waals surface area contributed by atoms with Gasteiger partial charge in [-0.2, -0.15) is 10.2 Å². The minimum Gasteiger partial charge on any atom is -0.507 e. The molecule has 6 nitrogen and oxygen atoms in total. The smallest absolute Gasteiger partial charge is 0.291 e. The van der Waals surface area contributed by atoms with Crippen molar-refractivity contribution in [2.75, 3.05) is 0 Å².